The molecule has 1 aromatic carbocycles. The highest BCUT2D eigenvalue weighted by molar-refractivity contribution is 7.80. The topological polar surface area (TPSA) is 46.6 Å². The summed E-state index contributed by atoms with van der Waals surface area (Å²) in [7, 11) is 0. The van der Waals surface area contributed by atoms with Crippen molar-refractivity contribution in [2.75, 3.05) is 11.7 Å². The van der Waals surface area contributed by atoms with Gasteiger partial charge in [-0.2, -0.15) is 0 Å². The van der Waals surface area contributed by atoms with E-state index in [1.54, 1.807) is 12.4 Å². The highest BCUT2D eigenvalue weighted by Gasteiger charge is 2.19. The Morgan fingerprint density at radius 2 is 1.96 bits per heavy atom. The Kier molecular flexibility index (Phi) is 4.62. The summed E-state index contributed by atoms with van der Waals surface area (Å²) >= 11 is 5.59. The Morgan fingerprint density at radius 3 is 2.70 bits per heavy atom. The molecule has 5 nitrogen and oxygen atoms in total. The van der Waals surface area contributed by atoms with Gasteiger partial charge in [0.1, 0.15) is 0 Å². The maximum atomic E-state index is 5.59. The zero-order chi connectivity index (χ0) is 16.2. The Balaban J connectivity index is 1.89. The first kappa shape index (κ1) is 15.6. The number of pyridine rings is 1. The summed E-state index contributed by atoms with van der Waals surface area (Å²) in [6.07, 6.45) is 3.57. The lowest BCUT2D eigenvalue weighted by atomic mass is 10.2. The first-order valence-corrected chi connectivity index (χ1v) is 7.91. The average Bonchev–Trinajstić information content (AvgIpc) is 3.00. The summed E-state index contributed by atoms with van der Waals surface area (Å²) in [5, 5.41) is 3.98. The molecule has 0 radical (unpaired) electrons. The molecule has 1 aliphatic rings. The van der Waals surface area contributed by atoms with Gasteiger partial charge in [0, 0.05) is 30.2 Å². The molecule has 1 N–H and O–H groups in total. The molecule has 0 unspecified atom stereocenters. The van der Waals surface area contributed by atoms with E-state index in [1.807, 2.05) is 35.2 Å². The molecule has 1 aromatic heterocycles. The molecule has 0 aliphatic carbocycles. The van der Waals surface area contributed by atoms with Gasteiger partial charge in [-0.25, -0.2) is 0 Å². The van der Waals surface area contributed by atoms with Crippen LogP contribution in [0.3, 0.4) is 0 Å². The zero-order valence-corrected chi connectivity index (χ0v) is 14.0. The molecule has 2 heterocycles. The Morgan fingerprint density at radius 1 is 1.22 bits per heavy atom. The molecule has 2 aromatic rings. The number of anilines is 1. The van der Waals surface area contributed by atoms with Crippen molar-refractivity contribution in [1.82, 2.24) is 10.3 Å². The van der Waals surface area contributed by atoms with Crippen LogP contribution in [0.4, 0.5) is 5.69 Å². The lowest BCUT2D eigenvalue weighted by Gasteiger charge is -2.27. The highest BCUT2D eigenvalue weighted by atomic mass is 32.1. The van der Waals surface area contributed by atoms with E-state index in [0.29, 0.717) is 11.7 Å². The van der Waals surface area contributed by atoms with Gasteiger partial charge in [0.05, 0.1) is 6.54 Å². The first-order valence-electron chi connectivity index (χ1n) is 7.50. The molecular formula is C17H19N3O2S. The van der Waals surface area contributed by atoms with E-state index in [2.05, 4.69) is 24.1 Å². The third-order valence-corrected chi connectivity index (χ3v) is 3.75. The lowest BCUT2D eigenvalue weighted by Crippen LogP contribution is -2.42. The second-order valence-corrected chi connectivity index (χ2v) is 5.97. The number of benzene rings is 1. The molecule has 0 atom stereocenters. The van der Waals surface area contributed by atoms with Gasteiger partial charge in [-0.05, 0) is 55.9 Å². The monoisotopic (exact) mass is 329 g/mol. The number of rotatable bonds is 4. The Hall–Kier alpha value is -2.34. The molecule has 1 aliphatic heterocycles. The van der Waals surface area contributed by atoms with Crippen molar-refractivity contribution in [1.29, 1.82) is 0 Å². The number of ether oxygens (including phenoxy) is 2. The van der Waals surface area contributed by atoms with Crippen molar-refractivity contribution in [3.05, 3.63) is 48.3 Å². The standard InChI is InChI=1S/C17H19N3O2S/c1-12(2)19-17(23)20(10-13-5-7-18-8-6-13)14-3-4-15-16(9-14)22-11-21-15/h3-9,12H,10-11H2,1-2H3,(H,19,23). The van der Waals surface area contributed by atoms with E-state index in [-0.39, 0.29) is 12.8 Å². The van der Waals surface area contributed by atoms with Gasteiger partial charge in [-0.15, -0.1) is 0 Å². The molecule has 120 valence electrons. The second kappa shape index (κ2) is 6.83. The molecule has 0 saturated heterocycles. The minimum atomic E-state index is 0.261. The minimum absolute atomic E-state index is 0.261. The summed E-state index contributed by atoms with van der Waals surface area (Å²) in [5.74, 6) is 1.51. The van der Waals surface area contributed by atoms with Crippen LogP contribution >= 0.6 is 12.2 Å². The number of aromatic nitrogens is 1. The number of fused-ring (bicyclic) bond motifs is 1. The number of nitrogens with one attached hydrogen (secondary N) is 1. The first-order chi connectivity index (χ1) is 11.1. The van der Waals surface area contributed by atoms with Crippen molar-refractivity contribution in [3.63, 3.8) is 0 Å². The van der Waals surface area contributed by atoms with Gasteiger partial charge in [0.15, 0.2) is 16.6 Å². The van der Waals surface area contributed by atoms with Crippen LogP contribution in [-0.2, 0) is 6.54 Å². The third kappa shape index (κ3) is 3.71. The molecular weight excluding hydrogens is 310 g/mol. The summed E-state index contributed by atoms with van der Waals surface area (Å²) in [5.41, 5.74) is 2.09. The Labute approximate surface area is 141 Å². The number of hydrogen-bond donors (Lipinski definition) is 1. The van der Waals surface area contributed by atoms with Crippen molar-refractivity contribution < 1.29 is 9.47 Å². The van der Waals surface area contributed by atoms with Gasteiger partial charge in [0.25, 0.3) is 0 Å². The summed E-state index contributed by atoms with van der Waals surface area (Å²) in [4.78, 5) is 6.11. The van der Waals surface area contributed by atoms with Gasteiger partial charge < -0.3 is 19.7 Å². The molecule has 0 saturated carbocycles. The van der Waals surface area contributed by atoms with Crippen LogP contribution in [0.25, 0.3) is 0 Å². The Bertz CT molecular complexity index is 691. The number of hydrogen-bond acceptors (Lipinski definition) is 4. The fraction of sp³-hybridized carbons (Fsp3) is 0.294. The second-order valence-electron chi connectivity index (χ2n) is 5.58. The van der Waals surface area contributed by atoms with E-state index in [4.69, 9.17) is 21.7 Å². The van der Waals surface area contributed by atoms with Crippen LogP contribution in [0.1, 0.15) is 19.4 Å². The molecule has 0 spiro atoms. The van der Waals surface area contributed by atoms with Crippen LogP contribution < -0.4 is 19.7 Å². The van der Waals surface area contributed by atoms with E-state index in [9.17, 15) is 0 Å². The van der Waals surface area contributed by atoms with E-state index >= 15 is 0 Å². The van der Waals surface area contributed by atoms with Gasteiger partial charge in [-0.3, -0.25) is 4.98 Å². The van der Waals surface area contributed by atoms with Crippen LogP contribution in [0.5, 0.6) is 11.5 Å². The number of nitrogens with zero attached hydrogens (tertiary/aromatic N) is 2. The van der Waals surface area contributed by atoms with Crippen LogP contribution in [0.15, 0.2) is 42.7 Å². The van der Waals surface area contributed by atoms with Gasteiger partial charge >= 0.3 is 0 Å². The number of thiocarbonyl (C=S) groups is 1. The van der Waals surface area contributed by atoms with E-state index in [0.717, 1.165) is 22.7 Å². The smallest absolute Gasteiger partial charge is 0.231 e. The fourth-order valence-corrected chi connectivity index (χ4v) is 2.73. The average molecular weight is 329 g/mol. The third-order valence-electron chi connectivity index (χ3n) is 3.42. The van der Waals surface area contributed by atoms with Crippen molar-refractivity contribution in [3.8, 4) is 11.5 Å². The largest absolute Gasteiger partial charge is 0.454 e. The summed E-state index contributed by atoms with van der Waals surface area (Å²) in [6.45, 7) is 5.05. The summed E-state index contributed by atoms with van der Waals surface area (Å²) in [6, 6.07) is 10.1. The lowest BCUT2D eigenvalue weighted by molar-refractivity contribution is 0.174. The molecule has 23 heavy (non-hydrogen) atoms. The summed E-state index contributed by atoms with van der Waals surface area (Å²) < 4.78 is 10.9. The van der Waals surface area contributed by atoms with Crippen molar-refractivity contribution in [2.45, 2.75) is 26.4 Å². The zero-order valence-electron chi connectivity index (χ0n) is 13.2. The highest BCUT2D eigenvalue weighted by Crippen LogP contribution is 2.35. The van der Waals surface area contributed by atoms with E-state index < -0.39 is 0 Å². The maximum absolute atomic E-state index is 5.59. The predicted molar refractivity (Wildman–Crippen MR) is 93.9 cm³/mol. The molecule has 6 heteroatoms. The molecule has 3 rings (SSSR count). The van der Waals surface area contributed by atoms with Crippen LogP contribution in [-0.4, -0.2) is 22.9 Å². The SMILES string of the molecule is CC(C)NC(=S)N(Cc1ccncc1)c1ccc2c(c1)OCO2. The van der Waals surface area contributed by atoms with Crippen LogP contribution in [0, 0.1) is 0 Å². The molecule has 0 bridgehead atoms. The minimum Gasteiger partial charge on any atom is -0.454 e. The molecule has 0 fully saturated rings. The van der Waals surface area contributed by atoms with Gasteiger partial charge in [-0.1, -0.05) is 0 Å². The quantitative estimate of drug-likeness (QED) is 0.870. The van der Waals surface area contributed by atoms with Crippen molar-refractivity contribution in [2.24, 2.45) is 0 Å². The van der Waals surface area contributed by atoms with Crippen molar-refractivity contribution >= 4 is 23.0 Å². The molecule has 0 amide bonds. The maximum Gasteiger partial charge on any atom is 0.231 e. The van der Waals surface area contributed by atoms with E-state index in [1.165, 1.54) is 0 Å². The predicted octanol–water partition coefficient (Wildman–Crippen LogP) is 3.10. The van der Waals surface area contributed by atoms with Crippen LogP contribution in [0.2, 0.25) is 0 Å². The normalized spacial score (nSPS) is 12.3. The fourth-order valence-electron chi connectivity index (χ4n) is 2.33. The van der Waals surface area contributed by atoms with Gasteiger partial charge in [0.2, 0.25) is 6.79 Å².